The smallest absolute Gasteiger partial charge is 0.298 e. The van der Waals surface area contributed by atoms with Gasteiger partial charge in [-0.3, -0.25) is 14.1 Å². The maximum atomic E-state index is 13.4. The van der Waals surface area contributed by atoms with E-state index < -0.39 is 26.5 Å². The molecule has 7 nitrogen and oxygen atoms in total. The summed E-state index contributed by atoms with van der Waals surface area (Å²) in [5.41, 5.74) is 0.611. The van der Waals surface area contributed by atoms with Crippen LogP contribution in [0.1, 0.15) is 31.8 Å². The predicted molar refractivity (Wildman–Crippen MR) is 130 cm³/mol. The number of carbonyl (C=O) groups is 2. The minimum Gasteiger partial charge on any atom is -0.507 e. The van der Waals surface area contributed by atoms with E-state index in [4.69, 9.17) is 4.74 Å². The van der Waals surface area contributed by atoms with Crippen molar-refractivity contribution in [2.24, 2.45) is 0 Å². The van der Waals surface area contributed by atoms with Crippen LogP contribution in [-0.4, -0.2) is 36.8 Å². The lowest BCUT2D eigenvalue weighted by Gasteiger charge is -2.18. The molecule has 0 aliphatic carbocycles. The first-order valence-electron chi connectivity index (χ1n) is 10.4. The summed E-state index contributed by atoms with van der Waals surface area (Å²) in [4.78, 5) is 25.5. The van der Waals surface area contributed by atoms with E-state index >= 15 is 0 Å². The average molecular weight is 489 g/mol. The molecule has 4 aromatic carbocycles. The van der Waals surface area contributed by atoms with E-state index in [1.165, 1.54) is 43.5 Å². The Bertz CT molecular complexity index is 1510. The molecular formula is C27H20O7S. The summed E-state index contributed by atoms with van der Waals surface area (Å²) in [5.74, 6) is -1.77. The Balaban J connectivity index is 1.95. The Kier molecular flexibility index (Phi) is 6.50. The molecule has 0 bridgehead atoms. The van der Waals surface area contributed by atoms with Crippen molar-refractivity contribution in [1.82, 2.24) is 0 Å². The standard InChI is InChI=1S/C27H20O7S/c1-34-22-16-21(28)24(26(30)19-10-6-3-7-11-19)23(27(22)35(31,32)33)17-12-14-20(15-13-17)25(29)18-8-4-2-5-9-18/h2-16,28H,1H3,(H,31,32,33). The number of benzene rings is 4. The molecule has 0 aromatic heterocycles. The van der Waals surface area contributed by atoms with Crippen LogP contribution in [0.25, 0.3) is 11.1 Å². The second kappa shape index (κ2) is 9.54. The van der Waals surface area contributed by atoms with Gasteiger partial charge < -0.3 is 9.84 Å². The van der Waals surface area contributed by atoms with Gasteiger partial charge in [0.2, 0.25) is 0 Å². The Morgan fingerprint density at radius 1 is 0.743 bits per heavy atom. The number of carbonyl (C=O) groups excluding carboxylic acids is 2. The Morgan fingerprint density at radius 3 is 1.71 bits per heavy atom. The summed E-state index contributed by atoms with van der Waals surface area (Å²) in [7, 11) is -3.73. The number of phenolic OH excluding ortho intramolecular Hbond substituents is 1. The number of methoxy groups -OCH3 is 1. The monoisotopic (exact) mass is 488 g/mol. The molecule has 0 aliphatic rings. The number of aromatic hydroxyl groups is 1. The van der Waals surface area contributed by atoms with Crippen LogP contribution in [0.3, 0.4) is 0 Å². The minimum absolute atomic E-state index is 0.177. The van der Waals surface area contributed by atoms with E-state index in [0.717, 1.165) is 6.07 Å². The third kappa shape index (κ3) is 4.70. The topological polar surface area (TPSA) is 118 Å². The molecule has 0 saturated heterocycles. The van der Waals surface area contributed by atoms with Crippen LogP contribution in [0.4, 0.5) is 0 Å². The molecule has 4 rings (SSSR count). The van der Waals surface area contributed by atoms with Crippen molar-refractivity contribution in [3.05, 3.63) is 113 Å². The van der Waals surface area contributed by atoms with Crippen molar-refractivity contribution < 1.29 is 32.4 Å². The van der Waals surface area contributed by atoms with Crippen molar-refractivity contribution in [3.63, 3.8) is 0 Å². The zero-order valence-electron chi connectivity index (χ0n) is 18.5. The third-order valence-corrected chi connectivity index (χ3v) is 6.36. The van der Waals surface area contributed by atoms with Crippen molar-refractivity contribution >= 4 is 21.7 Å². The van der Waals surface area contributed by atoms with Gasteiger partial charge in [0, 0.05) is 28.3 Å². The predicted octanol–water partition coefficient (Wildman–Crippen LogP) is 4.78. The molecule has 35 heavy (non-hydrogen) atoms. The molecule has 0 heterocycles. The van der Waals surface area contributed by atoms with Crippen LogP contribution >= 0.6 is 0 Å². The summed E-state index contributed by atoms with van der Waals surface area (Å²) < 4.78 is 40.0. The summed E-state index contributed by atoms with van der Waals surface area (Å²) >= 11 is 0. The van der Waals surface area contributed by atoms with Crippen LogP contribution in [0.2, 0.25) is 0 Å². The quantitative estimate of drug-likeness (QED) is 0.284. The molecular weight excluding hydrogens is 468 g/mol. The van der Waals surface area contributed by atoms with Crippen molar-refractivity contribution in [3.8, 4) is 22.6 Å². The third-order valence-electron chi connectivity index (χ3n) is 5.44. The molecule has 0 radical (unpaired) electrons. The molecule has 0 saturated carbocycles. The zero-order valence-corrected chi connectivity index (χ0v) is 19.3. The molecule has 176 valence electrons. The van der Waals surface area contributed by atoms with E-state index in [2.05, 4.69) is 0 Å². The van der Waals surface area contributed by atoms with Crippen molar-refractivity contribution in [2.45, 2.75) is 4.90 Å². The van der Waals surface area contributed by atoms with E-state index in [0.29, 0.717) is 11.1 Å². The Morgan fingerprint density at radius 2 is 1.23 bits per heavy atom. The zero-order chi connectivity index (χ0) is 25.2. The van der Waals surface area contributed by atoms with E-state index in [1.54, 1.807) is 48.5 Å². The number of phenols is 1. The number of hydrogen-bond donors (Lipinski definition) is 2. The minimum atomic E-state index is -4.90. The maximum Gasteiger partial charge on any atom is 0.298 e. The van der Waals surface area contributed by atoms with Crippen LogP contribution in [-0.2, 0) is 10.1 Å². The summed E-state index contributed by atoms with van der Waals surface area (Å²) in [6.07, 6.45) is 0. The van der Waals surface area contributed by atoms with Gasteiger partial charge in [0.25, 0.3) is 10.1 Å². The number of ether oxygens (including phenoxy) is 1. The number of rotatable bonds is 7. The van der Waals surface area contributed by atoms with Gasteiger partial charge in [0.15, 0.2) is 11.6 Å². The summed E-state index contributed by atoms with van der Waals surface area (Å²) in [6, 6.07) is 23.4. The highest BCUT2D eigenvalue weighted by molar-refractivity contribution is 7.86. The van der Waals surface area contributed by atoms with E-state index in [9.17, 15) is 27.7 Å². The van der Waals surface area contributed by atoms with Gasteiger partial charge in [-0.05, 0) is 5.56 Å². The first kappa shape index (κ1) is 23.9. The normalized spacial score (nSPS) is 11.1. The maximum absolute atomic E-state index is 13.4. The van der Waals surface area contributed by atoms with E-state index in [-0.39, 0.29) is 33.8 Å². The largest absolute Gasteiger partial charge is 0.507 e. The van der Waals surface area contributed by atoms with Gasteiger partial charge >= 0.3 is 0 Å². The van der Waals surface area contributed by atoms with Crippen LogP contribution in [0, 0.1) is 0 Å². The van der Waals surface area contributed by atoms with Gasteiger partial charge in [0.05, 0.1) is 12.7 Å². The van der Waals surface area contributed by atoms with E-state index in [1.807, 2.05) is 0 Å². The van der Waals surface area contributed by atoms with Crippen LogP contribution in [0.15, 0.2) is 95.9 Å². The lowest BCUT2D eigenvalue weighted by atomic mass is 9.91. The first-order valence-corrected chi connectivity index (χ1v) is 11.9. The number of hydrogen-bond acceptors (Lipinski definition) is 6. The Labute approximate surface area is 202 Å². The second-order valence-corrected chi connectivity index (χ2v) is 8.98. The molecule has 0 amide bonds. The molecule has 2 N–H and O–H groups in total. The Hall–Kier alpha value is -4.27. The van der Waals surface area contributed by atoms with Crippen LogP contribution in [0.5, 0.6) is 11.5 Å². The van der Waals surface area contributed by atoms with Gasteiger partial charge in [0.1, 0.15) is 16.4 Å². The molecule has 0 spiro atoms. The summed E-state index contributed by atoms with van der Waals surface area (Å²) in [5, 5.41) is 10.7. The van der Waals surface area contributed by atoms with Crippen LogP contribution < -0.4 is 4.74 Å². The first-order chi connectivity index (χ1) is 16.7. The molecule has 0 aliphatic heterocycles. The molecule has 8 heteroatoms. The van der Waals surface area contributed by atoms with Gasteiger partial charge in [-0.1, -0.05) is 84.9 Å². The van der Waals surface area contributed by atoms with Crippen molar-refractivity contribution in [1.29, 1.82) is 0 Å². The fourth-order valence-electron chi connectivity index (χ4n) is 3.82. The average Bonchev–Trinajstić information content (AvgIpc) is 2.87. The van der Waals surface area contributed by atoms with Gasteiger partial charge in [-0.2, -0.15) is 8.42 Å². The molecule has 0 atom stereocenters. The number of ketones is 2. The van der Waals surface area contributed by atoms with Gasteiger partial charge in [-0.15, -0.1) is 0 Å². The fourth-order valence-corrected chi connectivity index (χ4v) is 4.69. The SMILES string of the molecule is COc1cc(O)c(C(=O)c2ccccc2)c(-c2ccc(C(=O)c3ccccc3)cc2)c1S(=O)(=O)O. The second-order valence-electron chi connectivity index (χ2n) is 7.62. The van der Waals surface area contributed by atoms with Crippen molar-refractivity contribution in [2.75, 3.05) is 7.11 Å². The lowest BCUT2D eigenvalue weighted by molar-refractivity contribution is 0.102. The highest BCUT2D eigenvalue weighted by Crippen LogP contribution is 2.43. The molecule has 0 unspecified atom stereocenters. The molecule has 0 fully saturated rings. The highest BCUT2D eigenvalue weighted by Gasteiger charge is 2.31. The summed E-state index contributed by atoms with van der Waals surface area (Å²) in [6.45, 7) is 0. The van der Waals surface area contributed by atoms with Gasteiger partial charge in [-0.25, -0.2) is 0 Å². The lowest BCUT2D eigenvalue weighted by Crippen LogP contribution is -2.11. The molecule has 4 aromatic rings. The highest BCUT2D eigenvalue weighted by atomic mass is 32.2. The fraction of sp³-hybridized carbons (Fsp3) is 0.0370.